The van der Waals surface area contributed by atoms with E-state index in [1.807, 2.05) is 0 Å². The minimum atomic E-state index is -2.07. The molecule has 3 N–H and O–H groups in total. The molecule has 1 amide bonds. The average molecular weight is 688 g/mol. The van der Waals surface area contributed by atoms with E-state index in [2.05, 4.69) is 5.32 Å². The highest BCUT2D eigenvalue weighted by molar-refractivity contribution is 5.94. The third-order valence-electron chi connectivity index (χ3n) is 11.7. The Hall–Kier alpha value is -3.20. The van der Waals surface area contributed by atoms with E-state index in [1.165, 1.54) is 28.3 Å². The first-order valence-corrected chi connectivity index (χ1v) is 16.6. The van der Waals surface area contributed by atoms with Crippen LogP contribution in [0.15, 0.2) is 41.5 Å². The summed E-state index contributed by atoms with van der Waals surface area (Å²) in [6.45, 7) is 9.54. The van der Waals surface area contributed by atoms with Crippen LogP contribution in [0.1, 0.15) is 64.7 Å². The molecule has 2 saturated carbocycles. The van der Waals surface area contributed by atoms with Crippen LogP contribution >= 0.6 is 0 Å². The molecule has 11 atom stereocenters. The highest BCUT2D eigenvalue weighted by Gasteiger charge is 2.76. The highest BCUT2D eigenvalue weighted by Crippen LogP contribution is 2.63. The number of nitrogens with one attached hydrogen (secondary N) is 1. The third-order valence-corrected chi connectivity index (χ3v) is 11.7. The maximum atomic E-state index is 15.1. The lowest BCUT2D eigenvalue weighted by atomic mass is 9.44. The van der Waals surface area contributed by atoms with Gasteiger partial charge < -0.3 is 44.0 Å². The molecule has 4 aliphatic rings. The quantitative estimate of drug-likeness (QED) is 0.254. The topological polar surface area (TPSA) is 176 Å². The van der Waals surface area contributed by atoms with Crippen molar-refractivity contribution in [3.63, 3.8) is 0 Å². The Bertz CT molecular complexity index is 1510. The number of ketones is 1. The first-order chi connectivity index (χ1) is 22.9. The second kappa shape index (κ2) is 13.2. The lowest BCUT2D eigenvalue weighted by Crippen LogP contribution is -2.81. The number of hydrogen-bond acceptors (Lipinski definition) is 12. The van der Waals surface area contributed by atoms with Crippen molar-refractivity contribution < 1.29 is 57.8 Å². The van der Waals surface area contributed by atoms with Gasteiger partial charge in [-0.2, -0.15) is 0 Å². The Morgan fingerprint density at radius 3 is 2.20 bits per heavy atom. The molecule has 1 heterocycles. The summed E-state index contributed by atoms with van der Waals surface area (Å²) in [5.41, 5.74) is -5.67. The van der Waals surface area contributed by atoms with Gasteiger partial charge in [0, 0.05) is 52.4 Å². The summed E-state index contributed by atoms with van der Waals surface area (Å²) in [5.74, 6) is -3.67. The Balaban J connectivity index is 1.73. The summed E-state index contributed by atoms with van der Waals surface area (Å²) >= 11 is 0. The molecular formula is C36H49NO12. The molecule has 1 saturated heterocycles. The third kappa shape index (κ3) is 5.62. The van der Waals surface area contributed by atoms with Crippen molar-refractivity contribution in [2.75, 3.05) is 27.9 Å². The second-order valence-electron chi connectivity index (χ2n) is 14.6. The van der Waals surface area contributed by atoms with Crippen LogP contribution in [0, 0.1) is 16.7 Å². The van der Waals surface area contributed by atoms with Crippen molar-refractivity contribution in [3.8, 4) is 0 Å². The fraction of sp³-hybridized carbons (Fsp3) is 0.667. The largest absolute Gasteiger partial charge is 0.456 e. The number of amides is 1. The van der Waals surface area contributed by atoms with Crippen molar-refractivity contribution in [1.29, 1.82) is 0 Å². The molecule has 1 aromatic rings. The standard InChI is InChI=1S/C36H49NO12/c1-18-22(48-32(41)26(45-8)19(2)37-20(3)38)16-36(43)30(49-31(40)21-13-11-10-12-14-21)28-34(6,23(44-7)15-24-35(28,42)17-47-24)29(39)27(46-9)25(18)33(36,4)5/h10-14,19,22-24,26-28,30,42-43H,15-17H2,1-9H3,(H,37,38)/t19?,22?,23?,24?,26?,27?,28?,30?,34-,35+,36?/m1/s1. The van der Waals surface area contributed by atoms with Crippen LogP contribution in [-0.4, -0.2) is 116 Å². The summed E-state index contributed by atoms with van der Waals surface area (Å²) in [4.78, 5) is 54.5. The van der Waals surface area contributed by atoms with E-state index in [1.54, 1.807) is 65.0 Å². The maximum Gasteiger partial charge on any atom is 0.338 e. The number of benzene rings is 1. The van der Waals surface area contributed by atoms with E-state index >= 15 is 4.79 Å². The minimum Gasteiger partial charge on any atom is -0.456 e. The molecule has 2 bridgehead atoms. The number of methoxy groups -OCH3 is 3. The first kappa shape index (κ1) is 37.1. The van der Waals surface area contributed by atoms with Crippen LogP contribution in [0.5, 0.6) is 0 Å². The van der Waals surface area contributed by atoms with Gasteiger partial charge in [-0.1, -0.05) is 32.0 Å². The molecule has 9 unspecified atom stereocenters. The van der Waals surface area contributed by atoms with Crippen LogP contribution in [0.2, 0.25) is 0 Å². The highest BCUT2D eigenvalue weighted by atomic mass is 16.6. The van der Waals surface area contributed by atoms with Crippen LogP contribution < -0.4 is 5.32 Å². The molecule has 0 radical (unpaired) electrons. The number of aliphatic hydroxyl groups is 2. The number of ether oxygens (including phenoxy) is 6. The zero-order chi connectivity index (χ0) is 36.3. The van der Waals surface area contributed by atoms with Crippen molar-refractivity contribution in [1.82, 2.24) is 5.32 Å². The smallest absolute Gasteiger partial charge is 0.338 e. The van der Waals surface area contributed by atoms with Crippen LogP contribution in [-0.2, 0) is 42.8 Å². The van der Waals surface area contributed by atoms with E-state index in [0.717, 1.165) is 0 Å². The number of carbonyl (C=O) groups excluding carboxylic acids is 4. The molecule has 49 heavy (non-hydrogen) atoms. The van der Waals surface area contributed by atoms with Crippen molar-refractivity contribution in [2.24, 2.45) is 16.7 Å². The molecule has 13 heteroatoms. The molecule has 0 spiro atoms. The molecule has 270 valence electrons. The molecule has 3 aliphatic carbocycles. The van der Waals surface area contributed by atoms with Gasteiger partial charge in [0.05, 0.1) is 35.8 Å². The van der Waals surface area contributed by atoms with Gasteiger partial charge in [0.2, 0.25) is 5.91 Å². The minimum absolute atomic E-state index is 0.173. The van der Waals surface area contributed by atoms with E-state index in [4.69, 9.17) is 28.4 Å². The summed E-state index contributed by atoms with van der Waals surface area (Å²) in [6, 6.07) is 7.45. The monoisotopic (exact) mass is 687 g/mol. The maximum absolute atomic E-state index is 15.1. The van der Waals surface area contributed by atoms with Crippen molar-refractivity contribution in [2.45, 2.75) is 108 Å². The van der Waals surface area contributed by atoms with E-state index in [-0.39, 0.29) is 30.9 Å². The average Bonchev–Trinajstić information content (AvgIpc) is 3.04. The van der Waals surface area contributed by atoms with Crippen molar-refractivity contribution >= 4 is 23.6 Å². The molecule has 5 rings (SSSR count). The molecular weight excluding hydrogens is 638 g/mol. The van der Waals surface area contributed by atoms with Gasteiger partial charge in [-0.25, -0.2) is 9.59 Å². The van der Waals surface area contributed by atoms with E-state index in [9.17, 15) is 24.6 Å². The number of fused-ring (bicyclic) bond motifs is 5. The van der Waals surface area contributed by atoms with Gasteiger partial charge >= 0.3 is 11.9 Å². The number of carbonyl (C=O) groups is 4. The van der Waals surface area contributed by atoms with E-state index in [0.29, 0.717) is 11.1 Å². The predicted molar refractivity (Wildman–Crippen MR) is 173 cm³/mol. The molecule has 0 aromatic heterocycles. The number of hydrogen-bond donors (Lipinski definition) is 3. The Kier molecular flexibility index (Phi) is 9.96. The lowest BCUT2D eigenvalue weighted by molar-refractivity contribution is -0.345. The van der Waals surface area contributed by atoms with Crippen molar-refractivity contribution in [3.05, 3.63) is 47.0 Å². The van der Waals surface area contributed by atoms with Gasteiger partial charge in [0.25, 0.3) is 0 Å². The zero-order valence-electron chi connectivity index (χ0n) is 29.6. The Labute approximate surface area is 286 Å². The Morgan fingerprint density at radius 1 is 1.02 bits per heavy atom. The summed E-state index contributed by atoms with van der Waals surface area (Å²) in [5, 5.41) is 28.4. The van der Waals surface area contributed by atoms with Crippen LogP contribution in [0.25, 0.3) is 0 Å². The number of rotatable bonds is 9. The summed E-state index contributed by atoms with van der Waals surface area (Å²) < 4.78 is 35.5. The first-order valence-electron chi connectivity index (χ1n) is 16.6. The molecule has 13 nitrogen and oxygen atoms in total. The van der Waals surface area contributed by atoms with Gasteiger partial charge in [-0.15, -0.1) is 0 Å². The lowest BCUT2D eigenvalue weighted by Gasteiger charge is -2.67. The fourth-order valence-corrected chi connectivity index (χ4v) is 8.99. The normalized spacial score (nSPS) is 37.7. The van der Waals surface area contributed by atoms with Crippen LogP contribution in [0.4, 0.5) is 0 Å². The second-order valence-corrected chi connectivity index (χ2v) is 14.6. The van der Waals surface area contributed by atoms with Gasteiger partial charge in [-0.3, -0.25) is 9.59 Å². The van der Waals surface area contributed by atoms with E-state index < -0.39 is 88.3 Å². The number of Topliss-reactive ketones (excluding diaryl/α,β-unsaturated/α-hetero) is 1. The fourth-order valence-electron chi connectivity index (χ4n) is 8.99. The SMILES string of the molecule is COC1C(=O)[C@]2(C)C(OC)CC3OC[C@@]3(O)C2C(OC(=O)c2ccccc2)C2(O)CC(OC(=O)C(OC)C(C)NC(C)=O)C(C)=C1C2(C)C. The zero-order valence-corrected chi connectivity index (χ0v) is 29.6. The summed E-state index contributed by atoms with van der Waals surface area (Å²) in [6.07, 6.45) is -6.87. The summed E-state index contributed by atoms with van der Waals surface area (Å²) in [7, 11) is 4.15. The molecule has 1 aromatic carbocycles. The predicted octanol–water partition coefficient (Wildman–Crippen LogP) is 1.91. The van der Waals surface area contributed by atoms with Crippen LogP contribution in [0.3, 0.4) is 0 Å². The molecule has 1 aliphatic heterocycles. The molecule has 3 fully saturated rings. The van der Waals surface area contributed by atoms with Gasteiger partial charge in [0.1, 0.15) is 29.5 Å². The van der Waals surface area contributed by atoms with Gasteiger partial charge in [0.15, 0.2) is 11.9 Å². The number of esters is 2. The van der Waals surface area contributed by atoms with Gasteiger partial charge in [-0.05, 0) is 44.1 Å². The Morgan fingerprint density at radius 2 is 1.67 bits per heavy atom.